The minimum atomic E-state index is -0.498. The molecule has 0 radical (unpaired) electrons. The first kappa shape index (κ1) is 22.5. The standard InChI is InChI=1S/C14H30N4O2.HI/c1-8-15-11(16-9-2)17-10-14(6,7)18-12(19)20-13(3,4)5;/h8-10H2,1-7H3,(H,18,19)(H2,15,16,17);1H. The van der Waals surface area contributed by atoms with Crippen molar-refractivity contribution in [1.82, 2.24) is 16.0 Å². The Hall–Kier alpha value is -0.730. The molecule has 0 unspecified atom stereocenters. The summed E-state index contributed by atoms with van der Waals surface area (Å²) < 4.78 is 5.25. The zero-order chi connectivity index (χ0) is 15.8. The Kier molecular flexibility index (Phi) is 10.8. The van der Waals surface area contributed by atoms with Crippen molar-refractivity contribution in [3.8, 4) is 0 Å². The maximum Gasteiger partial charge on any atom is 0.408 e. The molecule has 0 aliphatic rings. The van der Waals surface area contributed by atoms with Crippen molar-refractivity contribution < 1.29 is 9.53 Å². The Bertz CT molecular complexity index is 330. The molecule has 126 valence electrons. The molecule has 0 saturated carbocycles. The first-order chi connectivity index (χ1) is 9.09. The Morgan fingerprint density at radius 1 is 1.05 bits per heavy atom. The molecule has 7 heteroatoms. The summed E-state index contributed by atoms with van der Waals surface area (Å²) in [5.74, 6) is 0.745. The molecule has 0 fully saturated rings. The number of aliphatic imine (C=N–C) groups is 1. The van der Waals surface area contributed by atoms with E-state index in [1.807, 2.05) is 48.5 Å². The minimum absolute atomic E-state index is 0. The third kappa shape index (κ3) is 12.7. The van der Waals surface area contributed by atoms with Crippen LogP contribution in [0, 0.1) is 0 Å². The van der Waals surface area contributed by atoms with Crippen LogP contribution in [0.4, 0.5) is 4.79 Å². The molecule has 0 aromatic carbocycles. The second-order valence-corrected chi connectivity index (χ2v) is 6.24. The highest BCUT2D eigenvalue weighted by Gasteiger charge is 2.24. The largest absolute Gasteiger partial charge is 0.444 e. The summed E-state index contributed by atoms with van der Waals surface area (Å²) >= 11 is 0. The van der Waals surface area contributed by atoms with Crippen molar-refractivity contribution in [1.29, 1.82) is 0 Å². The second-order valence-electron chi connectivity index (χ2n) is 6.24. The topological polar surface area (TPSA) is 74.8 Å². The summed E-state index contributed by atoms with van der Waals surface area (Å²) in [6, 6.07) is 0. The van der Waals surface area contributed by atoms with E-state index >= 15 is 0 Å². The lowest BCUT2D eigenvalue weighted by atomic mass is 10.1. The van der Waals surface area contributed by atoms with E-state index < -0.39 is 17.2 Å². The predicted octanol–water partition coefficient (Wildman–Crippen LogP) is 2.48. The lowest BCUT2D eigenvalue weighted by Crippen LogP contribution is -2.48. The highest BCUT2D eigenvalue weighted by Crippen LogP contribution is 2.09. The summed E-state index contributed by atoms with van der Waals surface area (Å²) in [5, 5.41) is 9.11. The SMILES string of the molecule is CCNC(=NCC(C)(C)NC(=O)OC(C)(C)C)NCC.I. The van der Waals surface area contributed by atoms with Gasteiger partial charge >= 0.3 is 6.09 Å². The molecule has 0 aromatic heterocycles. The van der Waals surface area contributed by atoms with Crippen LogP contribution in [0.1, 0.15) is 48.5 Å². The van der Waals surface area contributed by atoms with Crippen LogP contribution in [-0.4, -0.2) is 42.8 Å². The van der Waals surface area contributed by atoms with Gasteiger partial charge in [-0.1, -0.05) is 0 Å². The van der Waals surface area contributed by atoms with Crippen molar-refractivity contribution >= 4 is 36.0 Å². The van der Waals surface area contributed by atoms with E-state index in [2.05, 4.69) is 20.9 Å². The number of amides is 1. The van der Waals surface area contributed by atoms with Gasteiger partial charge in [0.2, 0.25) is 0 Å². The molecular formula is C14H31IN4O2. The lowest BCUT2D eigenvalue weighted by molar-refractivity contribution is 0.0476. The fourth-order valence-corrected chi connectivity index (χ4v) is 1.41. The second kappa shape index (κ2) is 10.1. The van der Waals surface area contributed by atoms with E-state index in [-0.39, 0.29) is 24.0 Å². The number of rotatable bonds is 5. The molecule has 3 N–H and O–H groups in total. The monoisotopic (exact) mass is 414 g/mol. The van der Waals surface area contributed by atoms with Gasteiger partial charge in [-0.3, -0.25) is 4.99 Å². The van der Waals surface area contributed by atoms with Gasteiger partial charge in [-0.25, -0.2) is 4.79 Å². The summed E-state index contributed by atoms with van der Waals surface area (Å²) in [6.07, 6.45) is -0.425. The van der Waals surface area contributed by atoms with Crippen LogP contribution in [0.3, 0.4) is 0 Å². The molecule has 0 aliphatic heterocycles. The van der Waals surface area contributed by atoms with Gasteiger partial charge in [0.1, 0.15) is 5.60 Å². The van der Waals surface area contributed by atoms with Crippen molar-refractivity contribution in [3.05, 3.63) is 0 Å². The third-order valence-corrected chi connectivity index (χ3v) is 2.16. The van der Waals surface area contributed by atoms with Crippen LogP contribution < -0.4 is 16.0 Å². The highest BCUT2D eigenvalue weighted by atomic mass is 127. The van der Waals surface area contributed by atoms with Crippen molar-refractivity contribution in [2.24, 2.45) is 4.99 Å². The predicted molar refractivity (Wildman–Crippen MR) is 98.5 cm³/mol. The molecule has 0 saturated heterocycles. The maximum absolute atomic E-state index is 11.8. The molecule has 6 nitrogen and oxygen atoms in total. The number of halogens is 1. The highest BCUT2D eigenvalue weighted by molar-refractivity contribution is 14.0. The molecule has 21 heavy (non-hydrogen) atoms. The molecule has 0 atom stereocenters. The van der Waals surface area contributed by atoms with E-state index in [9.17, 15) is 4.79 Å². The van der Waals surface area contributed by atoms with Crippen LogP contribution in [-0.2, 0) is 4.74 Å². The number of carbonyl (C=O) groups is 1. The first-order valence-corrected chi connectivity index (χ1v) is 7.13. The van der Waals surface area contributed by atoms with Gasteiger partial charge in [-0.2, -0.15) is 0 Å². The fourth-order valence-electron chi connectivity index (χ4n) is 1.41. The molecule has 0 aliphatic carbocycles. The number of guanidine groups is 1. The van der Waals surface area contributed by atoms with E-state index in [1.165, 1.54) is 0 Å². The van der Waals surface area contributed by atoms with Crippen molar-refractivity contribution in [2.75, 3.05) is 19.6 Å². The molecule has 0 heterocycles. The van der Waals surface area contributed by atoms with E-state index in [0.717, 1.165) is 19.0 Å². The van der Waals surface area contributed by atoms with Crippen LogP contribution >= 0.6 is 24.0 Å². The summed E-state index contributed by atoms with van der Waals surface area (Å²) in [4.78, 5) is 16.2. The number of hydrogen-bond acceptors (Lipinski definition) is 3. The van der Waals surface area contributed by atoms with Crippen LogP contribution in [0.15, 0.2) is 4.99 Å². The average Bonchev–Trinajstić information content (AvgIpc) is 2.23. The van der Waals surface area contributed by atoms with Crippen LogP contribution in [0.2, 0.25) is 0 Å². The number of nitrogens with zero attached hydrogens (tertiary/aromatic N) is 1. The quantitative estimate of drug-likeness (QED) is 0.367. The first-order valence-electron chi connectivity index (χ1n) is 7.13. The molecule has 0 rings (SSSR count). The van der Waals surface area contributed by atoms with Crippen molar-refractivity contribution in [2.45, 2.75) is 59.6 Å². The Labute approximate surface area is 145 Å². The Balaban J connectivity index is 0. The Morgan fingerprint density at radius 3 is 1.90 bits per heavy atom. The van der Waals surface area contributed by atoms with Crippen LogP contribution in [0.25, 0.3) is 0 Å². The fraction of sp³-hybridized carbons (Fsp3) is 0.857. The molecule has 0 spiro atoms. The van der Waals surface area contributed by atoms with E-state index in [1.54, 1.807) is 0 Å². The van der Waals surface area contributed by atoms with E-state index in [0.29, 0.717) is 6.54 Å². The number of alkyl carbamates (subject to hydrolysis) is 1. The molecule has 1 amide bonds. The maximum atomic E-state index is 11.8. The van der Waals surface area contributed by atoms with Gasteiger partial charge < -0.3 is 20.7 Å². The molecule has 0 aromatic rings. The zero-order valence-corrected chi connectivity index (χ0v) is 16.6. The van der Waals surface area contributed by atoms with Gasteiger partial charge in [-0.15, -0.1) is 24.0 Å². The summed E-state index contributed by atoms with van der Waals surface area (Å²) in [5.41, 5.74) is -0.972. The molecular weight excluding hydrogens is 383 g/mol. The lowest BCUT2D eigenvalue weighted by Gasteiger charge is -2.27. The minimum Gasteiger partial charge on any atom is -0.444 e. The number of nitrogens with one attached hydrogen (secondary N) is 3. The van der Waals surface area contributed by atoms with Gasteiger partial charge in [0, 0.05) is 13.1 Å². The number of hydrogen-bond donors (Lipinski definition) is 3. The van der Waals surface area contributed by atoms with E-state index in [4.69, 9.17) is 4.74 Å². The van der Waals surface area contributed by atoms with Gasteiger partial charge in [0.05, 0.1) is 12.1 Å². The summed E-state index contributed by atoms with van der Waals surface area (Å²) in [6.45, 7) is 15.4. The molecule has 0 bridgehead atoms. The third-order valence-electron chi connectivity index (χ3n) is 2.16. The van der Waals surface area contributed by atoms with Gasteiger partial charge in [0.25, 0.3) is 0 Å². The van der Waals surface area contributed by atoms with Crippen molar-refractivity contribution in [3.63, 3.8) is 0 Å². The Morgan fingerprint density at radius 2 is 1.52 bits per heavy atom. The van der Waals surface area contributed by atoms with Gasteiger partial charge in [0.15, 0.2) is 5.96 Å². The smallest absolute Gasteiger partial charge is 0.408 e. The number of carbonyl (C=O) groups excluding carboxylic acids is 1. The summed E-state index contributed by atoms with van der Waals surface area (Å²) in [7, 11) is 0. The van der Waals surface area contributed by atoms with Crippen LogP contribution in [0.5, 0.6) is 0 Å². The normalized spacial score (nSPS) is 11.0. The zero-order valence-electron chi connectivity index (χ0n) is 14.3. The van der Waals surface area contributed by atoms with Gasteiger partial charge in [-0.05, 0) is 48.5 Å². The average molecular weight is 414 g/mol. The number of ether oxygens (including phenoxy) is 1.